The number of nitrogens with one attached hydrogen (secondary N) is 1. The smallest absolute Gasteiger partial charge is 0.223 e. The van der Waals surface area contributed by atoms with Gasteiger partial charge in [-0.2, -0.15) is 0 Å². The van der Waals surface area contributed by atoms with Crippen molar-refractivity contribution in [3.63, 3.8) is 0 Å². The predicted molar refractivity (Wildman–Crippen MR) is 47.7 cm³/mol. The van der Waals surface area contributed by atoms with Gasteiger partial charge in [0.05, 0.1) is 0 Å². The fourth-order valence-corrected chi connectivity index (χ4v) is 2.57. The molecule has 0 aliphatic heterocycles. The van der Waals surface area contributed by atoms with E-state index >= 15 is 0 Å². The Morgan fingerprint density at radius 2 is 2.17 bits per heavy atom. The zero-order valence-corrected chi connectivity index (χ0v) is 7.73. The van der Waals surface area contributed by atoms with Gasteiger partial charge < -0.3 is 5.32 Å². The average Bonchev–Trinajstić information content (AvgIpc) is 1.81. The lowest BCUT2D eigenvalue weighted by Crippen LogP contribution is -2.48. The molecule has 0 radical (unpaired) electrons. The van der Waals surface area contributed by atoms with Crippen LogP contribution in [0.5, 0.6) is 0 Å². The second-order valence-electron chi connectivity index (χ2n) is 4.35. The van der Waals surface area contributed by atoms with Crippen LogP contribution in [0.25, 0.3) is 0 Å². The van der Waals surface area contributed by atoms with E-state index in [4.69, 9.17) is 0 Å². The number of hydrogen-bond donors (Lipinski definition) is 1. The Bertz CT molecular complexity index is 188. The molecular weight excluding hydrogens is 150 g/mol. The first kappa shape index (κ1) is 8.09. The maximum Gasteiger partial charge on any atom is 0.223 e. The van der Waals surface area contributed by atoms with Crippen molar-refractivity contribution in [2.45, 2.75) is 39.0 Å². The van der Waals surface area contributed by atoms with Crippen molar-refractivity contribution in [3.8, 4) is 0 Å². The van der Waals surface area contributed by atoms with Gasteiger partial charge in [0.25, 0.3) is 0 Å². The maximum atomic E-state index is 11.3. The Hall–Kier alpha value is -0.530. The van der Waals surface area contributed by atoms with Crippen LogP contribution < -0.4 is 5.32 Å². The minimum absolute atomic E-state index is 0.287. The van der Waals surface area contributed by atoms with E-state index in [0.717, 1.165) is 6.54 Å². The van der Waals surface area contributed by atoms with Crippen LogP contribution in [0, 0.1) is 11.3 Å². The van der Waals surface area contributed by atoms with Crippen molar-refractivity contribution in [1.82, 2.24) is 5.32 Å². The maximum absolute atomic E-state index is 11.3. The summed E-state index contributed by atoms with van der Waals surface area (Å²) < 4.78 is 0. The highest BCUT2D eigenvalue weighted by molar-refractivity contribution is 5.79. The monoisotopic (exact) mass is 167 g/mol. The molecule has 1 spiro atoms. The minimum atomic E-state index is 0.287. The molecule has 0 heterocycles. The van der Waals surface area contributed by atoms with Gasteiger partial charge in [0, 0.05) is 12.5 Å². The number of hydrogen-bond acceptors (Lipinski definition) is 1. The molecule has 12 heavy (non-hydrogen) atoms. The van der Waals surface area contributed by atoms with E-state index in [1.54, 1.807) is 0 Å². The fourth-order valence-electron chi connectivity index (χ4n) is 2.57. The summed E-state index contributed by atoms with van der Waals surface area (Å²) in [4.78, 5) is 11.3. The van der Waals surface area contributed by atoms with Crippen molar-refractivity contribution in [2.75, 3.05) is 6.54 Å². The van der Waals surface area contributed by atoms with Gasteiger partial charge in [-0.3, -0.25) is 4.79 Å². The molecule has 2 aliphatic carbocycles. The van der Waals surface area contributed by atoms with Gasteiger partial charge in [0.1, 0.15) is 0 Å². The molecule has 1 amide bonds. The second kappa shape index (κ2) is 2.75. The first-order chi connectivity index (χ1) is 5.76. The number of carbonyl (C=O) groups excluding carboxylic acids is 1. The molecule has 0 aromatic carbocycles. The third kappa shape index (κ3) is 1.13. The highest BCUT2D eigenvalue weighted by atomic mass is 16.1. The largest absolute Gasteiger partial charge is 0.356 e. The summed E-state index contributed by atoms with van der Waals surface area (Å²) in [7, 11) is 0. The van der Waals surface area contributed by atoms with Gasteiger partial charge >= 0.3 is 0 Å². The van der Waals surface area contributed by atoms with Gasteiger partial charge in [0.15, 0.2) is 0 Å². The molecule has 2 heteroatoms. The number of rotatable bonds is 2. The van der Waals surface area contributed by atoms with Gasteiger partial charge in [-0.25, -0.2) is 0 Å². The number of carbonyl (C=O) groups is 1. The van der Waals surface area contributed by atoms with Crippen LogP contribution in [0.3, 0.4) is 0 Å². The third-order valence-electron chi connectivity index (χ3n) is 3.49. The van der Waals surface area contributed by atoms with E-state index in [-0.39, 0.29) is 5.91 Å². The summed E-state index contributed by atoms with van der Waals surface area (Å²) in [6.45, 7) is 2.76. The topological polar surface area (TPSA) is 29.1 Å². The highest BCUT2D eigenvalue weighted by Gasteiger charge is 2.50. The zero-order chi connectivity index (χ0) is 8.60. The second-order valence-corrected chi connectivity index (χ2v) is 4.35. The van der Waals surface area contributed by atoms with Gasteiger partial charge in [-0.05, 0) is 38.0 Å². The fraction of sp³-hybridized carbons (Fsp3) is 0.900. The van der Waals surface area contributed by atoms with E-state index in [1.807, 2.05) is 6.92 Å². The molecule has 1 N–H and O–H groups in total. The molecule has 0 bridgehead atoms. The number of amides is 1. The van der Waals surface area contributed by atoms with Crippen LogP contribution >= 0.6 is 0 Å². The molecule has 2 rings (SSSR count). The van der Waals surface area contributed by atoms with Crippen LogP contribution in [0.4, 0.5) is 0 Å². The lowest BCUT2D eigenvalue weighted by Gasteiger charge is -2.53. The Morgan fingerprint density at radius 1 is 1.50 bits per heavy atom. The van der Waals surface area contributed by atoms with Gasteiger partial charge in [0.2, 0.25) is 5.91 Å². The van der Waals surface area contributed by atoms with Gasteiger partial charge in [-0.15, -0.1) is 0 Å². The third-order valence-corrected chi connectivity index (χ3v) is 3.49. The van der Waals surface area contributed by atoms with E-state index in [2.05, 4.69) is 5.32 Å². The molecule has 0 aromatic rings. The van der Waals surface area contributed by atoms with Crippen LogP contribution in [0.2, 0.25) is 0 Å². The van der Waals surface area contributed by atoms with E-state index in [1.165, 1.54) is 32.1 Å². The molecule has 2 saturated carbocycles. The normalized spacial score (nSPS) is 26.1. The van der Waals surface area contributed by atoms with Crippen LogP contribution in [0.1, 0.15) is 39.0 Å². The van der Waals surface area contributed by atoms with Crippen LogP contribution in [0.15, 0.2) is 0 Å². The zero-order valence-electron chi connectivity index (χ0n) is 7.73. The Labute approximate surface area is 73.7 Å². The molecule has 0 saturated heterocycles. The van der Waals surface area contributed by atoms with Crippen molar-refractivity contribution in [3.05, 3.63) is 0 Å². The Balaban J connectivity index is 1.76. The summed E-state index contributed by atoms with van der Waals surface area (Å²) in [6, 6.07) is 0. The molecular formula is C10H17NO. The molecule has 2 nitrogen and oxygen atoms in total. The lowest BCUT2D eigenvalue weighted by molar-refractivity contribution is -0.136. The first-order valence-electron chi connectivity index (χ1n) is 5.03. The Morgan fingerprint density at radius 3 is 2.58 bits per heavy atom. The quantitative estimate of drug-likeness (QED) is 0.666. The standard InChI is InChI=1S/C10H17NO/c1-2-11-9(12)8-6-10(7-8)4-3-5-10/h8H,2-7H2,1H3,(H,11,12). The van der Waals surface area contributed by atoms with Crippen molar-refractivity contribution < 1.29 is 4.79 Å². The predicted octanol–water partition coefficient (Wildman–Crippen LogP) is 1.70. The van der Waals surface area contributed by atoms with Crippen LogP contribution in [-0.2, 0) is 4.79 Å². The average molecular weight is 167 g/mol. The highest BCUT2D eigenvalue weighted by Crippen LogP contribution is 2.58. The molecule has 2 aliphatic rings. The SMILES string of the molecule is CCNC(=O)C1CC2(CCC2)C1. The first-order valence-corrected chi connectivity index (χ1v) is 5.03. The molecule has 0 atom stereocenters. The molecule has 0 aromatic heterocycles. The van der Waals surface area contributed by atoms with Crippen LogP contribution in [-0.4, -0.2) is 12.5 Å². The van der Waals surface area contributed by atoms with E-state index < -0.39 is 0 Å². The Kier molecular flexibility index (Phi) is 1.85. The summed E-state index contributed by atoms with van der Waals surface area (Å²) >= 11 is 0. The summed E-state index contributed by atoms with van der Waals surface area (Å²) in [5.74, 6) is 0.639. The van der Waals surface area contributed by atoms with Crippen molar-refractivity contribution in [1.29, 1.82) is 0 Å². The molecule has 2 fully saturated rings. The van der Waals surface area contributed by atoms with Crippen molar-refractivity contribution in [2.24, 2.45) is 11.3 Å². The summed E-state index contributed by atoms with van der Waals surface area (Å²) in [6.07, 6.45) is 6.48. The summed E-state index contributed by atoms with van der Waals surface area (Å²) in [5, 5.41) is 2.89. The van der Waals surface area contributed by atoms with Crippen molar-refractivity contribution >= 4 is 5.91 Å². The van der Waals surface area contributed by atoms with E-state index in [0.29, 0.717) is 11.3 Å². The van der Waals surface area contributed by atoms with Gasteiger partial charge in [-0.1, -0.05) is 6.42 Å². The molecule has 0 unspecified atom stereocenters. The molecule has 68 valence electrons. The lowest BCUT2D eigenvalue weighted by atomic mass is 9.51. The summed E-state index contributed by atoms with van der Waals surface area (Å²) in [5.41, 5.74) is 0.635. The van der Waals surface area contributed by atoms with E-state index in [9.17, 15) is 4.79 Å². The minimum Gasteiger partial charge on any atom is -0.356 e.